The Morgan fingerprint density at radius 1 is 1.39 bits per heavy atom. The van der Waals surface area contributed by atoms with Crippen LogP contribution in [-0.2, 0) is 6.42 Å². The van der Waals surface area contributed by atoms with E-state index in [0.717, 1.165) is 16.9 Å². The summed E-state index contributed by atoms with van der Waals surface area (Å²) < 4.78 is 1.83. The SMILES string of the molecule is N#CCc1ccc(-n2cncc2C(N)CO)cc1. The maximum Gasteiger partial charge on any atom is 0.0994 e. The molecule has 18 heavy (non-hydrogen) atoms. The summed E-state index contributed by atoms with van der Waals surface area (Å²) in [5, 5.41) is 17.7. The van der Waals surface area contributed by atoms with Crippen LogP contribution in [0.4, 0.5) is 0 Å². The van der Waals surface area contributed by atoms with Gasteiger partial charge in [0.15, 0.2) is 0 Å². The van der Waals surface area contributed by atoms with E-state index in [1.54, 1.807) is 12.5 Å². The summed E-state index contributed by atoms with van der Waals surface area (Å²) in [6.45, 7) is -0.127. The number of aromatic nitrogens is 2. The molecular weight excluding hydrogens is 228 g/mol. The van der Waals surface area contributed by atoms with Crippen molar-refractivity contribution >= 4 is 0 Å². The van der Waals surface area contributed by atoms with E-state index in [1.807, 2.05) is 28.8 Å². The first-order valence-corrected chi connectivity index (χ1v) is 5.61. The summed E-state index contributed by atoms with van der Waals surface area (Å²) in [7, 11) is 0. The van der Waals surface area contributed by atoms with Crippen LogP contribution >= 0.6 is 0 Å². The van der Waals surface area contributed by atoms with Crippen LogP contribution < -0.4 is 5.73 Å². The highest BCUT2D eigenvalue weighted by molar-refractivity contribution is 5.37. The number of rotatable bonds is 4. The van der Waals surface area contributed by atoms with Crippen molar-refractivity contribution in [3.8, 4) is 11.8 Å². The fourth-order valence-electron chi connectivity index (χ4n) is 1.75. The lowest BCUT2D eigenvalue weighted by Gasteiger charge is -2.12. The van der Waals surface area contributed by atoms with Crippen molar-refractivity contribution in [3.05, 3.63) is 48.0 Å². The fraction of sp³-hybridized carbons (Fsp3) is 0.231. The summed E-state index contributed by atoms with van der Waals surface area (Å²) >= 11 is 0. The zero-order chi connectivity index (χ0) is 13.0. The van der Waals surface area contributed by atoms with Crippen molar-refractivity contribution in [1.82, 2.24) is 9.55 Å². The zero-order valence-electron chi connectivity index (χ0n) is 9.82. The molecule has 0 aliphatic carbocycles. The summed E-state index contributed by atoms with van der Waals surface area (Å²) in [6, 6.07) is 9.25. The Morgan fingerprint density at radius 3 is 2.72 bits per heavy atom. The standard InChI is InChI=1S/C13H14N4O/c14-6-5-10-1-3-11(4-2-10)17-9-16-7-13(17)12(15)8-18/h1-4,7,9,12,18H,5,8,15H2. The largest absolute Gasteiger partial charge is 0.394 e. The van der Waals surface area contributed by atoms with Crippen molar-refractivity contribution in [1.29, 1.82) is 5.26 Å². The minimum atomic E-state index is -0.453. The van der Waals surface area contributed by atoms with Crippen molar-refractivity contribution in [2.45, 2.75) is 12.5 Å². The number of nitrogens with zero attached hydrogens (tertiary/aromatic N) is 3. The van der Waals surface area contributed by atoms with Crippen LogP contribution in [0.3, 0.4) is 0 Å². The van der Waals surface area contributed by atoms with Crippen LogP contribution in [0.5, 0.6) is 0 Å². The van der Waals surface area contributed by atoms with E-state index in [-0.39, 0.29) is 6.61 Å². The Labute approximate surface area is 105 Å². The van der Waals surface area contributed by atoms with Gasteiger partial charge >= 0.3 is 0 Å². The molecule has 2 aromatic rings. The lowest BCUT2D eigenvalue weighted by molar-refractivity contribution is 0.265. The molecule has 3 N–H and O–H groups in total. The first-order valence-electron chi connectivity index (χ1n) is 5.61. The van der Waals surface area contributed by atoms with Crippen LogP contribution in [0.2, 0.25) is 0 Å². The molecule has 5 nitrogen and oxygen atoms in total. The Hall–Kier alpha value is -2.16. The number of hydrogen-bond acceptors (Lipinski definition) is 4. The van der Waals surface area contributed by atoms with Gasteiger partial charge in [-0.05, 0) is 17.7 Å². The highest BCUT2D eigenvalue weighted by Gasteiger charge is 2.11. The van der Waals surface area contributed by atoms with Gasteiger partial charge in [-0.1, -0.05) is 12.1 Å². The lowest BCUT2D eigenvalue weighted by atomic mass is 10.1. The Kier molecular flexibility index (Phi) is 3.72. The normalized spacial score (nSPS) is 12.1. The molecule has 1 atom stereocenters. The van der Waals surface area contributed by atoms with Gasteiger partial charge < -0.3 is 15.4 Å². The number of aliphatic hydroxyl groups is 1. The molecule has 0 spiro atoms. The van der Waals surface area contributed by atoms with E-state index in [1.165, 1.54) is 0 Å². The average molecular weight is 242 g/mol. The molecule has 1 heterocycles. The van der Waals surface area contributed by atoms with Gasteiger partial charge in [0.25, 0.3) is 0 Å². The molecule has 5 heteroatoms. The zero-order valence-corrected chi connectivity index (χ0v) is 9.82. The van der Waals surface area contributed by atoms with E-state index in [2.05, 4.69) is 11.1 Å². The van der Waals surface area contributed by atoms with Gasteiger partial charge in [0.1, 0.15) is 0 Å². The third kappa shape index (κ3) is 2.40. The van der Waals surface area contributed by atoms with Gasteiger partial charge in [0, 0.05) is 5.69 Å². The van der Waals surface area contributed by atoms with Crippen molar-refractivity contribution in [3.63, 3.8) is 0 Å². The predicted molar refractivity (Wildman–Crippen MR) is 66.9 cm³/mol. The molecule has 0 saturated heterocycles. The highest BCUT2D eigenvalue weighted by atomic mass is 16.3. The molecule has 1 unspecified atom stereocenters. The third-order valence-corrected chi connectivity index (χ3v) is 2.74. The van der Waals surface area contributed by atoms with Gasteiger partial charge in [-0.25, -0.2) is 4.98 Å². The number of imidazole rings is 1. The topological polar surface area (TPSA) is 87.9 Å². The molecule has 0 fully saturated rings. The summed E-state index contributed by atoms with van der Waals surface area (Å²) in [4.78, 5) is 4.05. The van der Waals surface area contributed by atoms with Crippen LogP contribution in [0, 0.1) is 11.3 Å². The molecule has 0 saturated carbocycles. The molecule has 0 amide bonds. The molecule has 92 valence electrons. The second-order valence-electron chi connectivity index (χ2n) is 3.98. The van der Waals surface area contributed by atoms with Crippen LogP contribution in [0.15, 0.2) is 36.8 Å². The second kappa shape index (κ2) is 5.45. The Morgan fingerprint density at radius 2 is 2.11 bits per heavy atom. The number of nitrogens with two attached hydrogens (primary N) is 1. The first-order chi connectivity index (χ1) is 8.76. The minimum absolute atomic E-state index is 0.127. The van der Waals surface area contributed by atoms with Gasteiger partial charge in [-0.3, -0.25) is 0 Å². The Balaban J connectivity index is 2.32. The van der Waals surface area contributed by atoms with E-state index in [9.17, 15) is 0 Å². The number of nitriles is 1. The van der Waals surface area contributed by atoms with E-state index in [4.69, 9.17) is 16.1 Å². The van der Waals surface area contributed by atoms with Gasteiger partial charge in [0.2, 0.25) is 0 Å². The summed E-state index contributed by atoms with van der Waals surface area (Å²) in [5.74, 6) is 0. The van der Waals surface area contributed by atoms with Crippen LogP contribution in [0.1, 0.15) is 17.3 Å². The predicted octanol–water partition coefficient (Wildman–Crippen LogP) is 0.930. The molecule has 1 aromatic heterocycles. The molecule has 1 aromatic carbocycles. The molecular formula is C13H14N4O. The molecule has 2 rings (SSSR count). The molecule has 0 radical (unpaired) electrons. The summed E-state index contributed by atoms with van der Waals surface area (Å²) in [5.41, 5.74) is 8.43. The van der Waals surface area contributed by atoms with Gasteiger partial charge in [-0.2, -0.15) is 5.26 Å². The molecule has 0 aliphatic heterocycles. The van der Waals surface area contributed by atoms with Crippen molar-refractivity contribution < 1.29 is 5.11 Å². The maximum atomic E-state index is 9.09. The Bertz CT molecular complexity index is 553. The monoisotopic (exact) mass is 242 g/mol. The number of hydrogen-bond donors (Lipinski definition) is 2. The van der Waals surface area contributed by atoms with E-state index in [0.29, 0.717) is 6.42 Å². The number of aliphatic hydroxyl groups excluding tert-OH is 1. The third-order valence-electron chi connectivity index (χ3n) is 2.74. The smallest absolute Gasteiger partial charge is 0.0994 e. The van der Waals surface area contributed by atoms with Crippen molar-refractivity contribution in [2.24, 2.45) is 5.73 Å². The molecule has 0 bridgehead atoms. The second-order valence-corrected chi connectivity index (χ2v) is 3.98. The average Bonchev–Trinajstić information content (AvgIpc) is 2.88. The van der Waals surface area contributed by atoms with Gasteiger partial charge in [-0.15, -0.1) is 0 Å². The minimum Gasteiger partial charge on any atom is -0.394 e. The van der Waals surface area contributed by atoms with Crippen molar-refractivity contribution in [2.75, 3.05) is 6.61 Å². The van der Waals surface area contributed by atoms with E-state index < -0.39 is 6.04 Å². The highest BCUT2D eigenvalue weighted by Crippen LogP contribution is 2.16. The fourth-order valence-corrected chi connectivity index (χ4v) is 1.75. The van der Waals surface area contributed by atoms with Crippen LogP contribution in [-0.4, -0.2) is 21.3 Å². The summed E-state index contributed by atoms with van der Waals surface area (Å²) in [6.07, 6.45) is 3.70. The first kappa shape index (κ1) is 12.3. The maximum absolute atomic E-state index is 9.09. The van der Waals surface area contributed by atoms with Gasteiger partial charge in [0.05, 0.1) is 43.4 Å². The molecule has 0 aliphatic rings. The lowest BCUT2D eigenvalue weighted by Crippen LogP contribution is -2.18. The quantitative estimate of drug-likeness (QED) is 0.834. The number of benzene rings is 1. The van der Waals surface area contributed by atoms with Crippen LogP contribution in [0.25, 0.3) is 5.69 Å². The van der Waals surface area contributed by atoms with E-state index >= 15 is 0 Å².